The summed E-state index contributed by atoms with van der Waals surface area (Å²) >= 11 is 6.16. The van der Waals surface area contributed by atoms with Gasteiger partial charge in [0.2, 0.25) is 0 Å². The number of ether oxygens (including phenoxy) is 1. The number of carbonyl (C=O) groups is 1. The van der Waals surface area contributed by atoms with Gasteiger partial charge in [-0.3, -0.25) is 0 Å². The Kier molecular flexibility index (Phi) is 5.66. The van der Waals surface area contributed by atoms with Gasteiger partial charge in [-0.05, 0) is 47.9 Å². The molecule has 0 aliphatic heterocycles. The Hall–Kier alpha value is -2.46. The predicted octanol–water partition coefficient (Wildman–Crippen LogP) is 4.46. The van der Waals surface area contributed by atoms with E-state index in [1.54, 1.807) is 30.3 Å². The first kappa shape index (κ1) is 16.9. The fourth-order valence-electron chi connectivity index (χ4n) is 2.04. The molecule has 0 unspecified atom stereocenters. The molecule has 2 aromatic carbocycles. The summed E-state index contributed by atoms with van der Waals surface area (Å²) in [5.74, 6) is -0.506. The van der Waals surface area contributed by atoms with E-state index in [9.17, 15) is 15.0 Å². The summed E-state index contributed by atoms with van der Waals surface area (Å²) in [6.45, 7) is 2.57. The lowest BCUT2D eigenvalue weighted by atomic mass is 10.0. The van der Waals surface area contributed by atoms with Crippen molar-refractivity contribution in [2.24, 2.45) is 0 Å². The Balaban J connectivity index is 2.37. The smallest absolute Gasteiger partial charge is 0.336 e. The minimum atomic E-state index is -1.09. The van der Waals surface area contributed by atoms with Crippen LogP contribution in [0.3, 0.4) is 0 Å². The minimum absolute atomic E-state index is 0.0102. The van der Waals surface area contributed by atoms with E-state index >= 15 is 0 Å². The summed E-state index contributed by atoms with van der Waals surface area (Å²) in [6, 6.07) is 11.2. The number of hydrogen-bond donors (Lipinski definition) is 2. The molecule has 0 saturated heterocycles. The average Bonchev–Trinajstić information content (AvgIpc) is 2.51. The van der Waals surface area contributed by atoms with Crippen LogP contribution >= 0.6 is 11.6 Å². The van der Waals surface area contributed by atoms with Crippen molar-refractivity contribution >= 4 is 29.2 Å². The molecule has 5 heteroatoms. The molecule has 0 bridgehead atoms. The van der Waals surface area contributed by atoms with Crippen LogP contribution in [0.4, 0.5) is 0 Å². The van der Waals surface area contributed by atoms with Crippen LogP contribution in [0.2, 0.25) is 5.02 Å². The number of carboxylic acids is 1. The molecule has 2 aromatic rings. The van der Waals surface area contributed by atoms with Crippen LogP contribution in [0.25, 0.3) is 11.6 Å². The van der Waals surface area contributed by atoms with Crippen molar-refractivity contribution in [2.45, 2.75) is 13.3 Å². The average molecular weight is 333 g/mol. The second-order valence-corrected chi connectivity index (χ2v) is 5.36. The zero-order chi connectivity index (χ0) is 16.8. The highest BCUT2D eigenvalue weighted by Crippen LogP contribution is 2.28. The molecule has 2 rings (SSSR count). The van der Waals surface area contributed by atoms with E-state index in [2.05, 4.69) is 0 Å². The van der Waals surface area contributed by atoms with Crippen LogP contribution in [0.15, 0.2) is 42.5 Å². The Morgan fingerprint density at radius 1 is 1.26 bits per heavy atom. The first-order chi connectivity index (χ1) is 11.0. The van der Waals surface area contributed by atoms with E-state index in [1.165, 1.54) is 18.2 Å². The van der Waals surface area contributed by atoms with E-state index in [-0.39, 0.29) is 11.3 Å². The summed E-state index contributed by atoms with van der Waals surface area (Å²) in [4.78, 5) is 11.5. The number of benzene rings is 2. The van der Waals surface area contributed by atoms with E-state index < -0.39 is 5.97 Å². The molecule has 0 amide bonds. The number of phenols is 1. The topological polar surface area (TPSA) is 66.8 Å². The van der Waals surface area contributed by atoms with Crippen molar-refractivity contribution in [2.75, 3.05) is 6.61 Å². The van der Waals surface area contributed by atoms with Gasteiger partial charge >= 0.3 is 5.97 Å². The van der Waals surface area contributed by atoms with Crippen LogP contribution in [-0.2, 0) is 4.79 Å². The fraction of sp³-hybridized carbons (Fsp3) is 0.167. The van der Waals surface area contributed by atoms with Crippen LogP contribution in [-0.4, -0.2) is 22.8 Å². The highest BCUT2D eigenvalue weighted by atomic mass is 35.5. The fourth-order valence-corrected chi connectivity index (χ4v) is 2.29. The van der Waals surface area contributed by atoms with Crippen LogP contribution in [0, 0.1) is 0 Å². The Bertz CT molecular complexity index is 738. The molecule has 0 aromatic heterocycles. The Labute approximate surface area is 139 Å². The Morgan fingerprint density at radius 3 is 2.65 bits per heavy atom. The molecule has 0 atom stereocenters. The van der Waals surface area contributed by atoms with Crippen LogP contribution in [0.5, 0.6) is 11.5 Å². The molecule has 0 saturated carbocycles. The number of aromatic hydroxyl groups is 1. The molecule has 0 fully saturated rings. The second kappa shape index (κ2) is 7.70. The third-order valence-electron chi connectivity index (χ3n) is 3.12. The largest absolute Gasteiger partial charge is 0.508 e. The maximum atomic E-state index is 11.5. The molecule has 2 N–H and O–H groups in total. The van der Waals surface area contributed by atoms with Gasteiger partial charge in [-0.2, -0.15) is 0 Å². The quantitative estimate of drug-likeness (QED) is 0.605. The van der Waals surface area contributed by atoms with Crippen molar-refractivity contribution in [3.8, 4) is 11.5 Å². The predicted molar refractivity (Wildman–Crippen MR) is 90.9 cm³/mol. The van der Waals surface area contributed by atoms with Crippen LogP contribution in [0.1, 0.15) is 24.5 Å². The number of phenolic OH excluding ortho intramolecular Hbond substituents is 1. The van der Waals surface area contributed by atoms with E-state index in [1.807, 2.05) is 6.92 Å². The van der Waals surface area contributed by atoms with Gasteiger partial charge in [0, 0.05) is 0 Å². The zero-order valence-electron chi connectivity index (χ0n) is 12.6. The molecule has 4 nitrogen and oxygen atoms in total. The zero-order valence-corrected chi connectivity index (χ0v) is 13.4. The molecule has 0 aliphatic rings. The number of aliphatic carboxylic acids is 1. The first-order valence-electron chi connectivity index (χ1n) is 7.18. The van der Waals surface area contributed by atoms with Gasteiger partial charge in [0.05, 0.1) is 17.2 Å². The van der Waals surface area contributed by atoms with Gasteiger partial charge in [-0.15, -0.1) is 0 Å². The lowest BCUT2D eigenvalue weighted by molar-refractivity contribution is -0.130. The number of hydrogen-bond acceptors (Lipinski definition) is 3. The van der Waals surface area contributed by atoms with Gasteiger partial charge in [0.25, 0.3) is 0 Å². The maximum absolute atomic E-state index is 11.5. The SMILES string of the molecule is CCCOc1ccc(/C=C(\C(=O)O)c2cccc(O)c2)cc1Cl. The van der Waals surface area contributed by atoms with Crippen molar-refractivity contribution in [1.29, 1.82) is 0 Å². The van der Waals surface area contributed by atoms with E-state index in [0.717, 1.165) is 6.42 Å². The third kappa shape index (κ3) is 4.50. The van der Waals surface area contributed by atoms with Crippen molar-refractivity contribution in [1.82, 2.24) is 0 Å². The van der Waals surface area contributed by atoms with Crippen molar-refractivity contribution < 1.29 is 19.7 Å². The molecule has 0 spiro atoms. The second-order valence-electron chi connectivity index (χ2n) is 4.95. The normalized spacial score (nSPS) is 11.3. The molecule has 0 heterocycles. The lowest BCUT2D eigenvalue weighted by Gasteiger charge is -2.08. The van der Waals surface area contributed by atoms with E-state index in [0.29, 0.717) is 28.5 Å². The Morgan fingerprint density at radius 2 is 2.04 bits per heavy atom. The maximum Gasteiger partial charge on any atom is 0.336 e. The van der Waals surface area contributed by atoms with Crippen molar-refractivity contribution in [3.63, 3.8) is 0 Å². The van der Waals surface area contributed by atoms with Crippen molar-refractivity contribution in [3.05, 3.63) is 58.6 Å². The third-order valence-corrected chi connectivity index (χ3v) is 3.41. The highest BCUT2D eigenvalue weighted by molar-refractivity contribution is 6.32. The highest BCUT2D eigenvalue weighted by Gasteiger charge is 2.12. The molecule has 23 heavy (non-hydrogen) atoms. The van der Waals surface area contributed by atoms with Crippen LogP contribution < -0.4 is 4.74 Å². The van der Waals surface area contributed by atoms with Gasteiger partial charge in [-0.25, -0.2) is 4.79 Å². The number of rotatable bonds is 6. The summed E-state index contributed by atoms with van der Waals surface area (Å²) in [7, 11) is 0. The monoisotopic (exact) mass is 332 g/mol. The van der Waals surface area contributed by atoms with Gasteiger partial charge in [0.1, 0.15) is 11.5 Å². The summed E-state index contributed by atoms with van der Waals surface area (Å²) < 4.78 is 5.49. The lowest BCUT2D eigenvalue weighted by Crippen LogP contribution is -2.00. The molecule has 0 radical (unpaired) electrons. The standard InChI is InChI=1S/C18H17ClO4/c1-2-8-23-17-7-6-12(10-16(17)19)9-15(18(21)22)13-4-3-5-14(20)11-13/h3-7,9-11,20H,2,8H2,1H3,(H,21,22)/b15-9-. The molecule has 120 valence electrons. The first-order valence-corrected chi connectivity index (χ1v) is 7.55. The summed E-state index contributed by atoms with van der Waals surface area (Å²) in [5, 5.41) is 19.4. The molecular weight excluding hydrogens is 316 g/mol. The summed E-state index contributed by atoms with van der Waals surface area (Å²) in [6.07, 6.45) is 2.38. The summed E-state index contributed by atoms with van der Waals surface area (Å²) in [5.41, 5.74) is 1.12. The number of carboxylic acid groups (broad SMARTS) is 1. The molecule has 0 aliphatic carbocycles. The minimum Gasteiger partial charge on any atom is -0.508 e. The van der Waals surface area contributed by atoms with Gasteiger partial charge in [0.15, 0.2) is 0 Å². The van der Waals surface area contributed by atoms with Gasteiger partial charge < -0.3 is 14.9 Å². The van der Waals surface area contributed by atoms with E-state index in [4.69, 9.17) is 16.3 Å². The number of halogens is 1. The molecular formula is C18H17ClO4. The van der Waals surface area contributed by atoms with Gasteiger partial charge in [-0.1, -0.05) is 36.7 Å².